The maximum Gasteiger partial charge on any atom is 0.221 e. The SMILES string of the molecule is CC(C)NC(=O)CCNC(=O)CC1(CS)CC1. The predicted octanol–water partition coefficient (Wildman–Crippen LogP) is 1.12. The van der Waals surface area contributed by atoms with Gasteiger partial charge in [-0.25, -0.2) is 0 Å². The minimum absolute atomic E-state index is 0.0179. The minimum Gasteiger partial charge on any atom is -0.356 e. The number of amides is 2. The molecule has 0 aromatic heterocycles. The Morgan fingerprint density at radius 1 is 1.29 bits per heavy atom. The van der Waals surface area contributed by atoms with Gasteiger partial charge in [-0.3, -0.25) is 9.59 Å². The van der Waals surface area contributed by atoms with Gasteiger partial charge in [0.15, 0.2) is 0 Å². The van der Waals surface area contributed by atoms with E-state index in [1.54, 1.807) is 0 Å². The van der Waals surface area contributed by atoms with Gasteiger partial charge in [0.1, 0.15) is 0 Å². The highest BCUT2D eigenvalue weighted by molar-refractivity contribution is 7.80. The van der Waals surface area contributed by atoms with Crippen molar-refractivity contribution in [1.82, 2.24) is 10.6 Å². The number of nitrogens with one attached hydrogen (secondary N) is 2. The third-order valence-corrected chi connectivity index (χ3v) is 3.62. The Bertz CT molecular complexity index is 288. The Morgan fingerprint density at radius 3 is 2.41 bits per heavy atom. The molecule has 0 atom stereocenters. The van der Waals surface area contributed by atoms with Crippen LogP contribution in [-0.2, 0) is 9.59 Å². The second-order valence-corrected chi connectivity index (χ2v) is 5.47. The van der Waals surface area contributed by atoms with E-state index in [4.69, 9.17) is 0 Å². The van der Waals surface area contributed by atoms with Crippen LogP contribution in [0.3, 0.4) is 0 Å². The summed E-state index contributed by atoms with van der Waals surface area (Å²) < 4.78 is 0. The second-order valence-electron chi connectivity index (χ2n) is 5.16. The van der Waals surface area contributed by atoms with Crippen LogP contribution < -0.4 is 10.6 Å². The lowest BCUT2D eigenvalue weighted by molar-refractivity contribution is -0.123. The lowest BCUT2D eigenvalue weighted by Crippen LogP contribution is -2.34. The quantitative estimate of drug-likeness (QED) is 0.599. The van der Waals surface area contributed by atoms with Crippen LogP contribution in [0.2, 0.25) is 0 Å². The average Bonchev–Trinajstić information content (AvgIpc) is 2.97. The highest BCUT2D eigenvalue weighted by Gasteiger charge is 2.42. The van der Waals surface area contributed by atoms with Crippen LogP contribution in [0.1, 0.15) is 39.5 Å². The summed E-state index contributed by atoms with van der Waals surface area (Å²) >= 11 is 4.26. The van der Waals surface area contributed by atoms with Crippen LogP contribution in [0.5, 0.6) is 0 Å². The van der Waals surface area contributed by atoms with Gasteiger partial charge in [-0.15, -0.1) is 0 Å². The molecule has 1 aliphatic rings. The van der Waals surface area contributed by atoms with E-state index in [9.17, 15) is 9.59 Å². The average molecular weight is 258 g/mol. The third-order valence-electron chi connectivity index (χ3n) is 2.95. The fourth-order valence-corrected chi connectivity index (χ4v) is 2.11. The van der Waals surface area contributed by atoms with Gasteiger partial charge < -0.3 is 10.6 Å². The van der Waals surface area contributed by atoms with Crippen molar-refractivity contribution in [3.05, 3.63) is 0 Å². The van der Waals surface area contributed by atoms with E-state index in [-0.39, 0.29) is 23.3 Å². The van der Waals surface area contributed by atoms with E-state index in [0.29, 0.717) is 19.4 Å². The number of carbonyl (C=O) groups excluding carboxylic acids is 2. The summed E-state index contributed by atoms with van der Waals surface area (Å²) in [4.78, 5) is 22.9. The molecule has 1 aliphatic carbocycles. The molecule has 0 aromatic carbocycles. The van der Waals surface area contributed by atoms with Gasteiger partial charge in [0, 0.05) is 25.4 Å². The first kappa shape index (κ1) is 14.4. The largest absolute Gasteiger partial charge is 0.356 e. The molecule has 0 spiro atoms. The van der Waals surface area contributed by atoms with Crippen molar-refractivity contribution in [1.29, 1.82) is 0 Å². The van der Waals surface area contributed by atoms with Crippen molar-refractivity contribution in [2.24, 2.45) is 5.41 Å². The zero-order chi connectivity index (χ0) is 12.9. The molecule has 98 valence electrons. The molecule has 0 bridgehead atoms. The van der Waals surface area contributed by atoms with E-state index in [1.165, 1.54) is 0 Å². The lowest BCUT2D eigenvalue weighted by atomic mass is 10.1. The summed E-state index contributed by atoms with van der Waals surface area (Å²) in [5, 5.41) is 5.57. The topological polar surface area (TPSA) is 58.2 Å². The number of hydrogen-bond donors (Lipinski definition) is 3. The van der Waals surface area contributed by atoms with Crippen molar-refractivity contribution in [2.75, 3.05) is 12.3 Å². The third kappa shape index (κ3) is 5.44. The molecule has 1 saturated carbocycles. The molecule has 1 rings (SSSR count). The maximum absolute atomic E-state index is 11.6. The molecule has 1 fully saturated rings. The molecule has 0 heterocycles. The van der Waals surface area contributed by atoms with Gasteiger partial charge in [0.2, 0.25) is 11.8 Å². The van der Waals surface area contributed by atoms with E-state index in [1.807, 2.05) is 13.8 Å². The van der Waals surface area contributed by atoms with Crippen molar-refractivity contribution in [2.45, 2.75) is 45.6 Å². The zero-order valence-corrected chi connectivity index (χ0v) is 11.5. The molecule has 5 heteroatoms. The van der Waals surface area contributed by atoms with Crippen LogP contribution in [0.15, 0.2) is 0 Å². The van der Waals surface area contributed by atoms with E-state index in [0.717, 1.165) is 18.6 Å². The van der Waals surface area contributed by atoms with Gasteiger partial charge in [0.05, 0.1) is 0 Å². The summed E-state index contributed by atoms with van der Waals surface area (Å²) in [6, 6.07) is 0.150. The Labute approximate surface area is 108 Å². The normalized spacial score (nSPS) is 16.7. The highest BCUT2D eigenvalue weighted by atomic mass is 32.1. The maximum atomic E-state index is 11.6. The van der Waals surface area contributed by atoms with E-state index < -0.39 is 0 Å². The van der Waals surface area contributed by atoms with Gasteiger partial charge in [-0.1, -0.05) is 0 Å². The molecule has 0 aromatic rings. The standard InChI is InChI=1S/C12H22N2O2S/c1-9(2)14-10(15)3-6-13-11(16)7-12(8-17)4-5-12/h9,17H,3-8H2,1-2H3,(H,13,16)(H,14,15). The molecule has 0 radical (unpaired) electrons. The Balaban J connectivity index is 2.10. The molecule has 2 amide bonds. The first-order valence-electron chi connectivity index (χ1n) is 6.14. The molecular formula is C12H22N2O2S. The molecule has 4 nitrogen and oxygen atoms in total. The number of carbonyl (C=O) groups is 2. The van der Waals surface area contributed by atoms with Crippen LogP contribution in [0, 0.1) is 5.41 Å². The molecule has 17 heavy (non-hydrogen) atoms. The van der Waals surface area contributed by atoms with Gasteiger partial charge in [0.25, 0.3) is 0 Å². The Hall–Kier alpha value is -0.710. The van der Waals surface area contributed by atoms with E-state index >= 15 is 0 Å². The fourth-order valence-electron chi connectivity index (χ4n) is 1.68. The van der Waals surface area contributed by atoms with Crippen molar-refractivity contribution in [3.63, 3.8) is 0 Å². The predicted molar refractivity (Wildman–Crippen MR) is 71.0 cm³/mol. The molecule has 0 aliphatic heterocycles. The number of thiol groups is 1. The van der Waals surface area contributed by atoms with Crippen LogP contribution in [0.25, 0.3) is 0 Å². The zero-order valence-electron chi connectivity index (χ0n) is 10.6. The monoisotopic (exact) mass is 258 g/mol. The van der Waals surface area contributed by atoms with E-state index in [2.05, 4.69) is 23.3 Å². The summed E-state index contributed by atoms with van der Waals surface area (Å²) in [5.74, 6) is 0.790. The van der Waals surface area contributed by atoms with Gasteiger partial charge in [-0.05, 0) is 37.9 Å². The van der Waals surface area contributed by atoms with Gasteiger partial charge in [-0.2, -0.15) is 12.6 Å². The molecule has 0 unspecified atom stereocenters. The summed E-state index contributed by atoms with van der Waals surface area (Å²) in [6.45, 7) is 4.25. The minimum atomic E-state index is -0.0179. The molecular weight excluding hydrogens is 236 g/mol. The van der Waals surface area contributed by atoms with Crippen LogP contribution in [-0.4, -0.2) is 30.2 Å². The summed E-state index contributed by atoms with van der Waals surface area (Å²) in [6.07, 6.45) is 3.08. The molecule has 0 saturated heterocycles. The van der Waals surface area contributed by atoms with Crippen LogP contribution in [0.4, 0.5) is 0 Å². The molecule has 2 N–H and O–H groups in total. The van der Waals surface area contributed by atoms with Crippen molar-refractivity contribution in [3.8, 4) is 0 Å². The summed E-state index contributed by atoms with van der Waals surface area (Å²) in [7, 11) is 0. The lowest BCUT2D eigenvalue weighted by Gasteiger charge is -2.12. The van der Waals surface area contributed by atoms with Gasteiger partial charge >= 0.3 is 0 Å². The first-order valence-corrected chi connectivity index (χ1v) is 6.78. The first-order chi connectivity index (χ1) is 7.97. The summed E-state index contributed by atoms with van der Waals surface area (Å²) in [5.41, 5.74) is 0.146. The number of hydrogen-bond acceptors (Lipinski definition) is 3. The van der Waals surface area contributed by atoms with Crippen molar-refractivity contribution < 1.29 is 9.59 Å². The Kier molecular flexibility index (Phi) is 5.31. The van der Waals surface area contributed by atoms with Crippen molar-refractivity contribution >= 4 is 24.4 Å². The second kappa shape index (κ2) is 6.28. The number of rotatable bonds is 7. The highest BCUT2D eigenvalue weighted by Crippen LogP contribution is 2.49. The Morgan fingerprint density at radius 2 is 1.94 bits per heavy atom. The fraction of sp³-hybridized carbons (Fsp3) is 0.833. The van der Waals surface area contributed by atoms with Crippen LogP contribution >= 0.6 is 12.6 Å². The smallest absolute Gasteiger partial charge is 0.221 e.